The third-order valence-electron chi connectivity index (χ3n) is 3.24. The van der Waals surface area contributed by atoms with E-state index in [0.29, 0.717) is 0 Å². The molecule has 0 radical (unpaired) electrons. The van der Waals surface area contributed by atoms with Gasteiger partial charge in [0.05, 0.1) is 6.54 Å². The SMILES string of the molecule is NCC(F)(F)Cc1cccc2c1CCCC2. The third kappa shape index (κ3) is 2.40. The zero-order valence-corrected chi connectivity index (χ0v) is 9.31. The van der Waals surface area contributed by atoms with Crippen LogP contribution in [0, 0.1) is 0 Å². The van der Waals surface area contributed by atoms with Crippen LogP contribution in [0.3, 0.4) is 0 Å². The van der Waals surface area contributed by atoms with E-state index in [1.807, 2.05) is 12.1 Å². The minimum atomic E-state index is -2.77. The van der Waals surface area contributed by atoms with E-state index in [1.54, 1.807) is 0 Å². The van der Waals surface area contributed by atoms with E-state index in [4.69, 9.17) is 5.73 Å². The van der Waals surface area contributed by atoms with Crippen LogP contribution in [0.15, 0.2) is 18.2 Å². The second-order valence-electron chi connectivity index (χ2n) is 4.50. The van der Waals surface area contributed by atoms with Crippen molar-refractivity contribution in [2.24, 2.45) is 5.73 Å². The van der Waals surface area contributed by atoms with Gasteiger partial charge in [0.2, 0.25) is 0 Å². The summed E-state index contributed by atoms with van der Waals surface area (Å²) in [6.07, 6.45) is 4.03. The molecule has 3 heteroatoms. The van der Waals surface area contributed by atoms with Crippen LogP contribution in [-0.4, -0.2) is 12.5 Å². The number of alkyl halides is 2. The second-order valence-corrected chi connectivity index (χ2v) is 4.50. The summed E-state index contributed by atoms with van der Waals surface area (Å²) >= 11 is 0. The van der Waals surface area contributed by atoms with Gasteiger partial charge in [-0.25, -0.2) is 8.78 Å². The van der Waals surface area contributed by atoms with E-state index in [9.17, 15) is 8.78 Å². The summed E-state index contributed by atoms with van der Waals surface area (Å²) in [5, 5.41) is 0. The Hall–Kier alpha value is -0.960. The zero-order valence-electron chi connectivity index (χ0n) is 9.31. The quantitative estimate of drug-likeness (QED) is 0.841. The number of fused-ring (bicyclic) bond motifs is 1. The second kappa shape index (κ2) is 4.50. The van der Waals surface area contributed by atoms with Crippen LogP contribution in [-0.2, 0) is 19.3 Å². The number of hydrogen-bond donors (Lipinski definition) is 1. The average Bonchev–Trinajstić information content (AvgIpc) is 2.29. The average molecular weight is 225 g/mol. The summed E-state index contributed by atoms with van der Waals surface area (Å²) in [6, 6.07) is 5.75. The standard InChI is InChI=1S/C13H17F2N/c14-13(15,9-16)8-11-6-3-5-10-4-1-2-7-12(10)11/h3,5-6H,1-2,4,7-9,16H2. The van der Waals surface area contributed by atoms with Gasteiger partial charge in [0.1, 0.15) is 0 Å². The van der Waals surface area contributed by atoms with Crippen LogP contribution < -0.4 is 5.73 Å². The molecule has 1 aromatic rings. The van der Waals surface area contributed by atoms with Gasteiger partial charge < -0.3 is 5.73 Å². The fraction of sp³-hybridized carbons (Fsp3) is 0.538. The first-order valence-corrected chi connectivity index (χ1v) is 5.80. The molecule has 2 N–H and O–H groups in total. The van der Waals surface area contributed by atoms with Gasteiger partial charge in [0.15, 0.2) is 0 Å². The minimum Gasteiger partial charge on any atom is -0.325 e. The van der Waals surface area contributed by atoms with E-state index < -0.39 is 12.5 Å². The highest BCUT2D eigenvalue weighted by atomic mass is 19.3. The molecule has 16 heavy (non-hydrogen) atoms. The Morgan fingerprint density at radius 3 is 2.69 bits per heavy atom. The monoisotopic (exact) mass is 225 g/mol. The van der Waals surface area contributed by atoms with Crippen LogP contribution in [0.2, 0.25) is 0 Å². The topological polar surface area (TPSA) is 26.0 Å². The molecule has 0 bridgehead atoms. The van der Waals surface area contributed by atoms with E-state index in [-0.39, 0.29) is 6.42 Å². The molecule has 0 aromatic heterocycles. The van der Waals surface area contributed by atoms with E-state index in [0.717, 1.165) is 30.4 Å². The van der Waals surface area contributed by atoms with E-state index >= 15 is 0 Å². The smallest absolute Gasteiger partial charge is 0.264 e. The lowest BCUT2D eigenvalue weighted by atomic mass is 9.86. The Morgan fingerprint density at radius 1 is 1.19 bits per heavy atom. The van der Waals surface area contributed by atoms with Crippen LogP contribution >= 0.6 is 0 Å². The van der Waals surface area contributed by atoms with E-state index in [1.165, 1.54) is 12.0 Å². The Kier molecular flexibility index (Phi) is 3.24. The van der Waals surface area contributed by atoms with Crippen molar-refractivity contribution in [1.29, 1.82) is 0 Å². The van der Waals surface area contributed by atoms with Crippen LogP contribution in [0.1, 0.15) is 29.5 Å². The van der Waals surface area contributed by atoms with Crippen molar-refractivity contribution in [1.82, 2.24) is 0 Å². The normalized spacial score (nSPS) is 15.9. The minimum absolute atomic E-state index is 0.216. The molecule has 0 fully saturated rings. The summed E-state index contributed by atoms with van der Waals surface area (Å²) in [5.41, 5.74) is 8.25. The molecule has 0 amide bonds. The summed E-state index contributed by atoms with van der Waals surface area (Å²) < 4.78 is 26.6. The van der Waals surface area contributed by atoms with Crippen molar-refractivity contribution < 1.29 is 8.78 Å². The zero-order chi connectivity index (χ0) is 11.6. The molecular formula is C13H17F2N. The highest BCUT2D eigenvalue weighted by Crippen LogP contribution is 2.28. The van der Waals surface area contributed by atoms with Gasteiger partial charge in [-0.05, 0) is 42.4 Å². The van der Waals surface area contributed by atoms with Crippen molar-refractivity contribution in [2.75, 3.05) is 6.54 Å². The lowest BCUT2D eigenvalue weighted by Crippen LogP contribution is -2.30. The van der Waals surface area contributed by atoms with Crippen molar-refractivity contribution in [3.05, 3.63) is 34.9 Å². The van der Waals surface area contributed by atoms with Gasteiger partial charge in [0.25, 0.3) is 5.92 Å². The summed E-state index contributed by atoms with van der Waals surface area (Å²) in [6.45, 7) is -0.573. The molecule has 1 aromatic carbocycles. The summed E-state index contributed by atoms with van der Waals surface area (Å²) in [7, 11) is 0. The maximum Gasteiger partial charge on any atom is 0.264 e. The first-order valence-electron chi connectivity index (χ1n) is 5.80. The Labute approximate surface area is 94.7 Å². The fourth-order valence-corrected chi connectivity index (χ4v) is 2.38. The lowest BCUT2D eigenvalue weighted by Gasteiger charge is -2.22. The number of benzene rings is 1. The molecule has 0 heterocycles. The largest absolute Gasteiger partial charge is 0.325 e. The molecule has 2 rings (SSSR count). The molecule has 1 aliphatic carbocycles. The van der Waals surface area contributed by atoms with Crippen LogP contribution in [0.25, 0.3) is 0 Å². The molecule has 0 unspecified atom stereocenters. The molecule has 0 saturated carbocycles. The first-order chi connectivity index (χ1) is 7.62. The van der Waals surface area contributed by atoms with Crippen molar-refractivity contribution in [3.63, 3.8) is 0 Å². The number of nitrogens with two attached hydrogens (primary N) is 1. The number of rotatable bonds is 3. The predicted octanol–water partition coefficient (Wildman–Crippen LogP) is 2.70. The molecule has 0 aliphatic heterocycles. The lowest BCUT2D eigenvalue weighted by molar-refractivity contribution is 0.0112. The highest BCUT2D eigenvalue weighted by molar-refractivity contribution is 5.37. The predicted molar refractivity (Wildman–Crippen MR) is 60.8 cm³/mol. The van der Waals surface area contributed by atoms with Gasteiger partial charge >= 0.3 is 0 Å². The summed E-state index contributed by atoms with van der Waals surface area (Å²) in [5.74, 6) is -2.77. The fourth-order valence-electron chi connectivity index (χ4n) is 2.38. The highest BCUT2D eigenvalue weighted by Gasteiger charge is 2.28. The van der Waals surface area contributed by atoms with Crippen molar-refractivity contribution in [2.45, 2.75) is 38.0 Å². The van der Waals surface area contributed by atoms with E-state index in [2.05, 4.69) is 6.07 Å². The molecular weight excluding hydrogens is 208 g/mol. The van der Waals surface area contributed by atoms with Crippen LogP contribution in [0.4, 0.5) is 8.78 Å². The number of halogens is 2. The maximum absolute atomic E-state index is 13.3. The number of hydrogen-bond acceptors (Lipinski definition) is 1. The van der Waals surface area contributed by atoms with Gasteiger partial charge in [0, 0.05) is 6.42 Å². The Balaban J connectivity index is 2.27. The molecule has 0 atom stereocenters. The first kappa shape index (κ1) is 11.5. The Bertz CT molecular complexity index is 374. The van der Waals surface area contributed by atoms with Gasteiger partial charge in [-0.2, -0.15) is 0 Å². The van der Waals surface area contributed by atoms with Gasteiger partial charge in [-0.3, -0.25) is 0 Å². The third-order valence-corrected chi connectivity index (χ3v) is 3.24. The molecule has 1 nitrogen and oxygen atoms in total. The molecule has 1 aliphatic rings. The molecule has 0 saturated heterocycles. The van der Waals surface area contributed by atoms with Gasteiger partial charge in [-0.1, -0.05) is 18.2 Å². The maximum atomic E-state index is 13.3. The Morgan fingerprint density at radius 2 is 1.94 bits per heavy atom. The summed E-state index contributed by atoms with van der Waals surface area (Å²) in [4.78, 5) is 0. The van der Waals surface area contributed by atoms with Crippen LogP contribution in [0.5, 0.6) is 0 Å². The van der Waals surface area contributed by atoms with Crippen molar-refractivity contribution in [3.8, 4) is 0 Å². The number of aryl methyl sites for hydroxylation is 1. The van der Waals surface area contributed by atoms with Gasteiger partial charge in [-0.15, -0.1) is 0 Å². The van der Waals surface area contributed by atoms with Crippen molar-refractivity contribution >= 4 is 0 Å². The molecule has 88 valence electrons. The molecule has 0 spiro atoms.